The van der Waals surface area contributed by atoms with Crippen LogP contribution in [0.4, 0.5) is 0 Å². The van der Waals surface area contributed by atoms with Crippen LogP contribution in [0.3, 0.4) is 0 Å². The van der Waals surface area contributed by atoms with Gasteiger partial charge in [-0.3, -0.25) is 0 Å². The fourth-order valence-electron chi connectivity index (χ4n) is 0.922. The molecule has 12 heavy (non-hydrogen) atoms. The molecular weight excluding hydrogens is 246 g/mol. The average molecular weight is 253 g/mol. The molecule has 65 valence electrons. The second-order valence-electron chi connectivity index (χ2n) is 2.18. The predicted molar refractivity (Wildman–Crippen MR) is 41.4 cm³/mol. The van der Waals surface area contributed by atoms with Crippen LogP contribution in [0.25, 0.3) is 5.69 Å². The van der Waals surface area contributed by atoms with Crippen LogP contribution in [0.15, 0.2) is 43.0 Å². The summed E-state index contributed by atoms with van der Waals surface area (Å²) in [5, 5.41) is 3.99. The van der Waals surface area contributed by atoms with Gasteiger partial charge in [-0.2, -0.15) is 5.10 Å². The predicted octanol–water partition coefficient (Wildman–Crippen LogP) is 1.26. The Morgan fingerprint density at radius 2 is 1.83 bits per heavy atom. The van der Waals surface area contributed by atoms with Crippen molar-refractivity contribution in [3.05, 3.63) is 43.0 Å². The van der Waals surface area contributed by atoms with Crippen LogP contribution in [0.1, 0.15) is 0 Å². The molecule has 0 bridgehead atoms. The SMILES string of the molecule is [Ag].c1ccc(-n2cncn2)cc1. The molecule has 0 saturated heterocycles. The van der Waals surface area contributed by atoms with E-state index < -0.39 is 0 Å². The zero-order chi connectivity index (χ0) is 7.52. The van der Waals surface area contributed by atoms with Crippen molar-refractivity contribution in [3.63, 3.8) is 0 Å². The van der Waals surface area contributed by atoms with Crippen molar-refractivity contribution in [2.75, 3.05) is 0 Å². The Hall–Kier alpha value is -0.900. The summed E-state index contributed by atoms with van der Waals surface area (Å²) in [7, 11) is 0. The number of hydrogen-bond acceptors (Lipinski definition) is 2. The molecule has 1 heterocycles. The summed E-state index contributed by atoms with van der Waals surface area (Å²) in [5.74, 6) is 0. The van der Waals surface area contributed by atoms with Crippen LogP contribution < -0.4 is 0 Å². The first kappa shape index (κ1) is 9.19. The third-order valence-corrected chi connectivity index (χ3v) is 1.44. The Morgan fingerprint density at radius 1 is 1.08 bits per heavy atom. The van der Waals surface area contributed by atoms with Gasteiger partial charge in [0.25, 0.3) is 0 Å². The molecule has 0 aliphatic carbocycles. The van der Waals surface area contributed by atoms with Gasteiger partial charge < -0.3 is 0 Å². The van der Waals surface area contributed by atoms with Gasteiger partial charge in [-0.1, -0.05) is 18.2 Å². The van der Waals surface area contributed by atoms with Crippen LogP contribution in [-0.4, -0.2) is 14.8 Å². The van der Waals surface area contributed by atoms with Gasteiger partial charge in [0, 0.05) is 22.4 Å². The van der Waals surface area contributed by atoms with E-state index in [1.165, 1.54) is 6.33 Å². The van der Waals surface area contributed by atoms with E-state index >= 15 is 0 Å². The van der Waals surface area contributed by atoms with Crippen molar-refractivity contribution in [1.29, 1.82) is 0 Å². The molecule has 0 aliphatic rings. The van der Waals surface area contributed by atoms with E-state index in [4.69, 9.17) is 0 Å². The molecule has 1 aromatic carbocycles. The molecule has 0 amide bonds. The zero-order valence-corrected chi connectivity index (χ0v) is 7.67. The van der Waals surface area contributed by atoms with Crippen molar-refractivity contribution >= 4 is 0 Å². The number of nitrogens with zero attached hydrogens (tertiary/aromatic N) is 3. The molecule has 2 rings (SSSR count). The number of aromatic nitrogens is 3. The van der Waals surface area contributed by atoms with Gasteiger partial charge >= 0.3 is 0 Å². The molecule has 4 heteroatoms. The quantitative estimate of drug-likeness (QED) is 0.716. The summed E-state index contributed by atoms with van der Waals surface area (Å²) in [5.41, 5.74) is 1.03. The minimum Gasteiger partial charge on any atom is -0.223 e. The summed E-state index contributed by atoms with van der Waals surface area (Å²) >= 11 is 0. The van der Waals surface area contributed by atoms with Gasteiger partial charge in [0.1, 0.15) is 12.7 Å². The number of rotatable bonds is 1. The maximum Gasteiger partial charge on any atom is 0.138 e. The van der Waals surface area contributed by atoms with Gasteiger partial charge in [0.15, 0.2) is 0 Å². The minimum atomic E-state index is 0. The van der Waals surface area contributed by atoms with E-state index in [9.17, 15) is 0 Å². The minimum absolute atomic E-state index is 0. The molecular formula is C8H7AgN3. The van der Waals surface area contributed by atoms with Crippen molar-refractivity contribution in [2.45, 2.75) is 0 Å². The van der Waals surface area contributed by atoms with Crippen LogP contribution >= 0.6 is 0 Å². The number of hydrogen-bond donors (Lipinski definition) is 0. The van der Waals surface area contributed by atoms with Gasteiger partial charge in [0.05, 0.1) is 5.69 Å². The molecule has 2 aromatic rings. The summed E-state index contributed by atoms with van der Waals surface area (Å²) in [6.45, 7) is 0. The van der Waals surface area contributed by atoms with Gasteiger partial charge in [-0.15, -0.1) is 0 Å². The summed E-state index contributed by atoms with van der Waals surface area (Å²) < 4.78 is 1.72. The molecule has 0 saturated carbocycles. The van der Waals surface area contributed by atoms with Crippen molar-refractivity contribution in [2.24, 2.45) is 0 Å². The van der Waals surface area contributed by atoms with Crippen LogP contribution in [0.2, 0.25) is 0 Å². The first-order chi connectivity index (χ1) is 5.47. The molecule has 1 radical (unpaired) electrons. The van der Waals surface area contributed by atoms with E-state index in [-0.39, 0.29) is 22.4 Å². The summed E-state index contributed by atoms with van der Waals surface area (Å²) in [4.78, 5) is 3.85. The normalized spacial score (nSPS) is 9.00. The van der Waals surface area contributed by atoms with Crippen molar-refractivity contribution < 1.29 is 22.4 Å². The Morgan fingerprint density at radius 3 is 2.42 bits per heavy atom. The van der Waals surface area contributed by atoms with E-state index in [0.717, 1.165) is 5.69 Å². The van der Waals surface area contributed by atoms with E-state index in [1.54, 1.807) is 11.0 Å². The second kappa shape index (κ2) is 4.21. The third-order valence-electron chi connectivity index (χ3n) is 1.44. The van der Waals surface area contributed by atoms with Crippen LogP contribution in [-0.2, 0) is 22.4 Å². The average Bonchev–Trinajstić information content (AvgIpc) is 2.58. The van der Waals surface area contributed by atoms with Crippen molar-refractivity contribution in [1.82, 2.24) is 14.8 Å². The van der Waals surface area contributed by atoms with Crippen LogP contribution in [0, 0.1) is 0 Å². The fraction of sp³-hybridized carbons (Fsp3) is 0. The second-order valence-corrected chi connectivity index (χ2v) is 2.18. The standard InChI is InChI=1S/C8H7N3.Ag/c1-2-4-8(5-3-1)11-7-9-6-10-11;/h1-7H;. The van der Waals surface area contributed by atoms with E-state index in [0.29, 0.717) is 0 Å². The molecule has 0 spiro atoms. The molecule has 3 nitrogen and oxygen atoms in total. The molecule has 0 aliphatic heterocycles. The van der Waals surface area contributed by atoms with Gasteiger partial charge in [-0.05, 0) is 12.1 Å². The first-order valence-corrected chi connectivity index (χ1v) is 3.37. The molecule has 0 fully saturated rings. The van der Waals surface area contributed by atoms with E-state index in [1.807, 2.05) is 30.3 Å². The largest absolute Gasteiger partial charge is 0.223 e. The van der Waals surface area contributed by atoms with Gasteiger partial charge in [-0.25, -0.2) is 9.67 Å². The Bertz CT molecular complexity index is 317. The molecule has 0 N–H and O–H groups in total. The van der Waals surface area contributed by atoms with Crippen molar-refractivity contribution in [3.8, 4) is 5.69 Å². The summed E-state index contributed by atoms with van der Waals surface area (Å²) in [6.07, 6.45) is 3.20. The van der Waals surface area contributed by atoms with Crippen LogP contribution in [0.5, 0.6) is 0 Å². The topological polar surface area (TPSA) is 30.7 Å². The van der Waals surface area contributed by atoms with Gasteiger partial charge in [0.2, 0.25) is 0 Å². The summed E-state index contributed by atoms with van der Waals surface area (Å²) in [6, 6.07) is 9.87. The smallest absolute Gasteiger partial charge is 0.138 e. The third kappa shape index (κ3) is 1.82. The Balaban J connectivity index is 0.000000720. The monoisotopic (exact) mass is 252 g/mol. The fourth-order valence-corrected chi connectivity index (χ4v) is 0.922. The Kier molecular flexibility index (Phi) is 3.22. The maximum atomic E-state index is 3.99. The van der Waals surface area contributed by atoms with E-state index in [2.05, 4.69) is 10.1 Å². The first-order valence-electron chi connectivity index (χ1n) is 3.37. The molecule has 0 atom stereocenters. The number of benzene rings is 1. The zero-order valence-electron chi connectivity index (χ0n) is 6.18. The molecule has 0 unspecified atom stereocenters. The maximum absolute atomic E-state index is 3.99. The Labute approximate surface area is 85.9 Å². The number of para-hydroxylation sites is 1. The molecule has 1 aromatic heterocycles.